The second-order valence-corrected chi connectivity index (χ2v) is 10.9. The number of hydrogen-bond acceptors (Lipinski definition) is 6. The molecule has 3 aromatic rings. The lowest BCUT2D eigenvalue weighted by Crippen LogP contribution is -2.26. The second kappa shape index (κ2) is 15.5. The van der Waals surface area contributed by atoms with Gasteiger partial charge in [-0.25, -0.2) is 14.4 Å². The van der Waals surface area contributed by atoms with Crippen LogP contribution in [0.2, 0.25) is 0 Å². The molecule has 42 heavy (non-hydrogen) atoms. The normalized spacial score (nSPS) is 19.1. The summed E-state index contributed by atoms with van der Waals surface area (Å²) in [6, 6.07) is 23.6. The van der Waals surface area contributed by atoms with Crippen LogP contribution in [0, 0.1) is 17.3 Å². The Kier molecular flexibility index (Phi) is 11.9. The molecule has 0 N–H and O–H groups in total. The van der Waals surface area contributed by atoms with Crippen LogP contribution in [0.1, 0.15) is 44.2 Å². The van der Waals surface area contributed by atoms with Crippen molar-refractivity contribution in [2.45, 2.75) is 52.4 Å². The Hall–Kier alpha value is -4.45. The fourth-order valence-electron chi connectivity index (χ4n) is 5.62. The second-order valence-electron chi connectivity index (χ2n) is 10.9. The number of ether oxygens (including phenoxy) is 3. The Morgan fingerprint density at radius 2 is 1.31 bits per heavy atom. The Labute approximate surface area is 248 Å². The lowest BCUT2D eigenvalue weighted by molar-refractivity contribution is -0.146. The smallest absolute Gasteiger partial charge is 0.330 e. The van der Waals surface area contributed by atoms with Gasteiger partial charge in [0, 0.05) is 24.1 Å². The Morgan fingerprint density at radius 1 is 0.738 bits per heavy atom. The molecule has 0 spiro atoms. The van der Waals surface area contributed by atoms with E-state index in [-0.39, 0.29) is 24.6 Å². The molecule has 3 aromatic carbocycles. The van der Waals surface area contributed by atoms with Gasteiger partial charge >= 0.3 is 17.9 Å². The van der Waals surface area contributed by atoms with Gasteiger partial charge in [-0.3, -0.25) is 0 Å². The number of esters is 3. The molecule has 2 saturated carbocycles. The standard InChI is InChI=1S/C14H12O2.C12H18O2.C10H10O2/c1-2-14(15)16-10-11-7-8-12-5-3-4-6-13(12)9-11;1-4-11(13)14-10-7-8-5-6-9(10)12(8,2)3;1-2-10(11)12-8-9-6-4-3-5-7-9/h2-9H,1,10H2;4,8-10H,1,5-7H2,2-3H3;2-7H,1,8H2. The molecular weight excluding hydrogens is 528 g/mol. The summed E-state index contributed by atoms with van der Waals surface area (Å²) < 4.78 is 15.2. The number of fused-ring (bicyclic) bond motifs is 3. The van der Waals surface area contributed by atoms with E-state index in [1.54, 1.807) is 0 Å². The monoisotopic (exact) mass is 568 g/mol. The minimum Gasteiger partial charge on any atom is -0.459 e. The average Bonchev–Trinajstić information content (AvgIpc) is 3.44. The number of rotatable bonds is 8. The van der Waals surface area contributed by atoms with Gasteiger partial charge in [-0.2, -0.15) is 0 Å². The van der Waals surface area contributed by atoms with E-state index in [1.165, 1.54) is 30.4 Å². The van der Waals surface area contributed by atoms with E-state index in [0.717, 1.165) is 34.9 Å². The van der Waals surface area contributed by atoms with Crippen molar-refractivity contribution in [3.63, 3.8) is 0 Å². The van der Waals surface area contributed by atoms with Crippen LogP contribution in [0.25, 0.3) is 10.8 Å². The molecule has 0 amide bonds. The van der Waals surface area contributed by atoms with Gasteiger partial charge in [0.25, 0.3) is 0 Å². The molecule has 2 fully saturated rings. The highest BCUT2D eigenvalue weighted by Crippen LogP contribution is 2.58. The van der Waals surface area contributed by atoms with E-state index >= 15 is 0 Å². The van der Waals surface area contributed by atoms with Crippen LogP contribution in [0.4, 0.5) is 0 Å². The van der Waals surface area contributed by atoms with Crippen molar-refractivity contribution in [1.82, 2.24) is 0 Å². The van der Waals surface area contributed by atoms with Crippen LogP contribution in [0.15, 0.2) is 111 Å². The molecule has 0 aromatic heterocycles. The fraction of sp³-hybridized carbons (Fsp3) is 0.306. The minimum absolute atomic E-state index is 0.147. The SMILES string of the molecule is C=CC(=O)OC1CC2CCC1C2(C)C.C=CC(=O)OCc1ccc2ccccc2c1.C=CC(=O)OCc1ccccc1. The summed E-state index contributed by atoms with van der Waals surface area (Å²) in [5, 5.41) is 2.33. The predicted octanol–water partition coefficient (Wildman–Crippen LogP) is 7.53. The van der Waals surface area contributed by atoms with Crippen molar-refractivity contribution >= 4 is 28.7 Å². The van der Waals surface area contributed by atoms with Crippen molar-refractivity contribution in [2.75, 3.05) is 0 Å². The highest BCUT2D eigenvalue weighted by Gasteiger charge is 2.54. The molecule has 0 heterocycles. The van der Waals surface area contributed by atoms with Gasteiger partial charge in [0.1, 0.15) is 19.3 Å². The van der Waals surface area contributed by atoms with Crippen LogP contribution in [0.3, 0.4) is 0 Å². The molecule has 220 valence electrons. The quantitative estimate of drug-likeness (QED) is 0.159. The lowest BCUT2D eigenvalue weighted by atomic mass is 9.82. The third-order valence-electron chi connectivity index (χ3n) is 7.99. The van der Waals surface area contributed by atoms with Gasteiger partial charge in [-0.1, -0.05) is 100 Å². The molecule has 0 saturated heterocycles. The van der Waals surface area contributed by atoms with E-state index in [2.05, 4.69) is 39.7 Å². The molecule has 2 aliphatic rings. The highest BCUT2D eigenvalue weighted by atomic mass is 16.5. The van der Waals surface area contributed by atoms with Crippen molar-refractivity contribution in [3.05, 3.63) is 122 Å². The zero-order valence-corrected chi connectivity index (χ0v) is 24.5. The first-order valence-electron chi connectivity index (χ1n) is 14.1. The number of carbonyl (C=O) groups excluding carboxylic acids is 3. The minimum atomic E-state index is -0.395. The Balaban J connectivity index is 0.000000175. The van der Waals surface area contributed by atoms with Gasteiger partial charge in [-0.05, 0) is 58.6 Å². The maximum atomic E-state index is 11.1. The molecular formula is C36H40O6. The number of benzene rings is 3. The summed E-state index contributed by atoms with van der Waals surface area (Å²) in [5.41, 5.74) is 2.33. The summed E-state index contributed by atoms with van der Waals surface area (Å²) in [5.74, 6) is 0.261. The first-order valence-corrected chi connectivity index (χ1v) is 14.1. The van der Waals surface area contributed by atoms with Crippen molar-refractivity contribution < 1.29 is 28.6 Å². The Bertz CT molecular complexity index is 1390. The topological polar surface area (TPSA) is 78.9 Å². The van der Waals surface area contributed by atoms with Crippen LogP contribution < -0.4 is 0 Å². The lowest BCUT2D eigenvalue weighted by Gasteiger charge is -2.25. The maximum absolute atomic E-state index is 11.1. The van der Waals surface area contributed by atoms with Gasteiger partial charge in [0.2, 0.25) is 0 Å². The van der Waals surface area contributed by atoms with Crippen LogP contribution >= 0.6 is 0 Å². The average molecular weight is 569 g/mol. The zero-order valence-electron chi connectivity index (χ0n) is 24.5. The van der Waals surface area contributed by atoms with Gasteiger partial charge in [0.05, 0.1) is 0 Å². The van der Waals surface area contributed by atoms with E-state index in [4.69, 9.17) is 14.2 Å². The molecule has 0 radical (unpaired) electrons. The predicted molar refractivity (Wildman–Crippen MR) is 165 cm³/mol. The van der Waals surface area contributed by atoms with Gasteiger partial charge in [0.15, 0.2) is 0 Å². The summed E-state index contributed by atoms with van der Waals surface area (Å²) in [4.78, 5) is 32.7. The third-order valence-corrected chi connectivity index (χ3v) is 7.99. The Morgan fingerprint density at radius 3 is 1.86 bits per heavy atom. The molecule has 5 rings (SSSR count). The summed E-state index contributed by atoms with van der Waals surface area (Å²) in [6.45, 7) is 15.3. The summed E-state index contributed by atoms with van der Waals surface area (Å²) in [7, 11) is 0. The number of hydrogen-bond donors (Lipinski definition) is 0. The largest absolute Gasteiger partial charge is 0.459 e. The fourth-order valence-corrected chi connectivity index (χ4v) is 5.62. The van der Waals surface area contributed by atoms with Crippen molar-refractivity contribution in [1.29, 1.82) is 0 Å². The van der Waals surface area contributed by atoms with Gasteiger partial charge < -0.3 is 14.2 Å². The van der Waals surface area contributed by atoms with Crippen molar-refractivity contribution in [2.24, 2.45) is 17.3 Å². The van der Waals surface area contributed by atoms with E-state index in [1.807, 2.05) is 66.7 Å². The molecule has 6 heteroatoms. The van der Waals surface area contributed by atoms with E-state index in [9.17, 15) is 14.4 Å². The molecule has 3 atom stereocenters. The van der Waals surface area contributed by atoms with E-state index < -0.39 is 5.97 Å². The van der Waals surface area contributed by atoms with Crippen LogP contribution in [-0.4, -0.2) is 24.0 Å². The van der Waals surface area contributed by atoms with Crippen LogP contribution in [-0.2, 0) is 41.8 Å². The van der Waals surface area contributed by atoms with Crippen molar-refractivity contribution in [3.8, 4) is 0 Å². The molecule has 2 aliphatic carbocycles. The van der Waals surface area contributed by atoms with Gasteiger partial charge in [-0.15, -0.1) is 0 Å². The third kappa shape index (κ3) is 9.03. The zero-order chi connectivity index (χ0) is 30.5. The number of carbonyl (C=O) groups is 3. The maximum Gasteiger partial charge on any atom is 0.330 e. The molecule has 2 bridgehead atoms. The van der Waals surface area contributed by atoms with E-state index in [0.29, 0.717) is 17.9 Å². The first kappa shape index (κ1) is 32.1. The molecule has 3 unspecified atom stereocenters. The summed E-state index contributed by atoms with van der Waals surface area (Å²) >= 11 is 0. The summed E-state index contributed by atoms with van der Waals surface area (Å²) in [6.07, 6.45) is 7.31. The first-order chi connectivity index (χ1) is 20.2. The molecule has 0 aliphatic heterocycles. The molecule has 6 nitrogen and oxygen atoms in total. The van der Waals surface area contributed by atoms with Crippen LogP contribution in [0.5, 0.6) is 0 Å². The highest BCUT2D eigenvalue weighted by molar-refractivity contribution is 5.84.